The van der Waals surface area contributed by atoms with Gasteiger partial charge in [0.15, 0.2) is 17.3 Å². The van der Waals surface area contributed by atoms with Gasteiger partial charge in [-0.25, -0.2) is 0 Å². The van der Waals surface area contributed by atoms with Crippen LogP contribution in [0.3, 0.4) is 0 Å². The quantitative estimate of drug-likeness (QED) is 0.614. The number of nitrogens with zero attached hydrogens (tertiary/aromatic N) is 2. The zero-order valence-electron chi connectivity index (χ0n) is 12.0. The molecule has 110 valence electrons. The summed E-state index contributed by atoms with van der Waals surface area (Å²) in [6.45, 7) is 0. The van der Waals surface area contributed by atoms with Gasteiger partial charge in [-0.3, -0.25) is 9.48 Å². The third-order valence-corrected chi connectivity index (χ3v) is 3.61. The summed E-state index contributed by atoms with van der Waals surface area (Å²) in [5, 5.41) is 4.09. The molecule has 0 aliphatic carbocycles. The molecule has 0 fully saturated rings. The van der Waals surface area contributed by atoms with E-state index in [0.717, 1.165) is 10.2 Å². The molecule has 0 radical (unpaired) electrons. The lowest BCUT2D eigenvalue weighted by molar-refractivity contribution is 0.104. The Bertz CT molecular complexity index is 673. The van der Waals surface area contributed by atoms with Crippen molar-refractivity contribution in [1.82, 2.24) is 9.78 Å². The van der Waals surface area contributed by atoms with Gasteiger partial charge in [0.25, 0.3) is 0 Å². The maximum absolute atomic E-state index is 12.2. The third kappa shape index (κ3) is 3.33. The first-order valence-electron chi connectivity index (χ1n) is 6.18. The number of hydrogen-bond donors (Lipinski definition) is 0. The van der Waals surface area contributed by atoms with Crippen LogP contribution in [0.1, 0.15) is 16.1 Å². The van der Waals surface area contributed by atoms with E-state index in [9.17, 15) is 4.79 Å². The molecule has 0 bridgehead atoms. The molecule has 0 aliphatic heterocycles. The smallest absolute Gasteiger partial charge is 0.186 e. The molecule has 5 nitrogen and oxygen atoms in total. The lowest BCUT2D eigenvalue weighted by Gasteiger charge is -2.08. The van der Waals surface area contributed by atoms with E-state index in [1.54, 1.807) is 42.3 Å². The highest BCUT2D eigenvalue weighted by Gasteiger charge is 2.09. The number of carbonyl (C=O) groups is 1. The molecule has 2 aromatic rings. The summed E-state index contributed by atoms with van der Waals surface area (Å²) in [5.41, 5.74) is 1.35. The van der Waals surface area contributed by atoms with E-state index in [0.29, 0.717) is 17.1 Å². The lowest BCUT2D eigenvalue weighted by Crippen LogP contribution is -1.98. The van der Waals surface area contributed by atoms with Gasteiger partial charge in [-0.15, -0.1) is 0 Å². The SMILES string of the molecule is COc1ccc(C(=O)/C=C/c2c(Br)cnn2C)cc1OC. The minimum Gasteiger partial charge on any atom is -0.493 e. The van der Waals surface area contributed by atoms with E-state index in [-0.39, 0.29) is 5.78 Å². The highest BCUT2D eigenvalue weighted by molar-refractivity contribution is 9.10. The summed E-state index contributed by atoms with van der Waals surface area (Å²) in [7, 11) is 4.90. The van der Waals surface area contributed by atoms with Gasteiger partial charge in [0.05, 0.1) is 30.6 Å². The fourth-order valence-corrected chi connectivity index (χ4v) is 2.33. The van der Waals surface area contributed by atoms with E-state index in [1.165, 1.54) is 13.2 Å². The number of benzene rings is 1. The highest BCUT2D eigenvalue weighted by atomic mass is 79.9. The Balaban J connectivity index is 2.25. The Morgan fingerprint density at radius 2 is 2.00 bits per heavy atom. The molecule has 0 atom stereocenters. The number of allylic oxidation sites excluding steroid dienone is 1. The Morgan fingerprint density at radius 1 is 1.29 bits per heavy atom. The second-order valence-corrected chi connectivity index (χ2v) is 5.12. The van der Waals surface area contributed by atoms with Gasteiger partial charge in [0, 0.05) is 12.6 Å². The van der Waals surface area contributed by atoms with Crippen molar-refractivity contribution in [1.29, 1.82) is 0 Å². The molecule has 0 unspecified atom stereocenters. The average molecular weight is 351 g/mol. The summed E-state index contributed by atoms with van der Waals surface area (Å²) < 4.78 is 12.9. The molecule has 0 saturated carbocycles. The van der Waals surface area contributed by atoms with Crippen LogP contribution in [0.25, 0.3) is 6.08 Å². The van der Waals surface area contributed by atoms with E-state index < -0.39 is 0 Å². The molecule has 0 amide bonds. The molecular formula is C15H15BrN2O3. The first-order valence-corrected chi connectivity index (χ1v) is 6.98. The van der Waals surface area contributed by atoms with Gasteiger partial charge >= 0.3 is 0 Å². The molecule has 0 saturated heterocycles. The van der Waals surface area contributed by atoms with Crippen molar-refractivity contribution in [3.8, 4) is 11.5 Å². The van der Waals surface area contributed by atoms with Crippen molar-refractivity contribution in [3.05, 3.63) is 46.2 Å². The summed E-state index contributed by atoms with van der Waals surface area (Å²) in [4.78, 5) is 12.2. The number of aryl methyl sites for hydroxylation is 1. The Kier molecular flexibility index (Phi) is 4.80. The van der Waals surface area contributed by atoms with Gasteiger partial charge in [-0.2, -0.15) is 5.10 Å². The van der Waals surface area contributed by atoms with Crippen LogP contribution >= 0.6 is 15.9 Å². The predicted molar refractivity (Wildman–Crippen MR) is 83.8 cm³/mol. The summed E-state index contributed by atoms with van der Waals surface area (Å²) in [6.07, 6.45) is 4.90. The molecule has 1 aromatic carbocycles. The number of carbonyl (C=O) groups excluding carboxylic acids is 1. The number of aromatic nitrogens is 2. The van der Waals surface area contributed by atoms with Crippen molar-refractivity contribution in [3.63, 3.8) is 0 Å². The number of rotatable bonds is 5. The standard InChI is InChI=1S/C15H15BrN2O3/c1-18-12(11(16)9-17-18)5-6-13(19)10-4-7-14(20-2)15(8-10)21-3/h4-9H,1-3H3/b6-5+. The van der Waals surface area contributed by atoms with Gasteiger partial charge in [-0.1, -0.05) is 0 Å². The average Bonchev–Trinajstić information content (AvgIpc) is 2.82. The maximum atomic E-state index is 12.2. The summed E-state index contributed by atoms with van der Waals surface area (Å²) in [5.74, 6) is 0.995. The molecule has 0 aliphatic rings. The van der Waals surface area contributed by atoms with E-state index >= 15 is 0 Å². The molecule has 6 heteroatoms. The third-order valence-electron chi connectivity index (χ3n) is 3.00. The van der Waals surface area contributed by atoms with Crippen LogP contribution in [-0.2, 0) is 7.05 Å². The second-order valence-electron chi connectivity index (χ2n) is 4.27. The van der Waals surface area contributed by atoms with Crippen molar-refractivity contribution in [2.45, 2.75) is 0 Å². The molecule has 2 rings (SSSR count). The fourth-order valence-electron chi connectivity index (χ4n) is 1.85. The predicted octanol–water partition coefficient (Wildman–Crippen LogP) is 3.10. The topological polar surface area (TPSA) is 53.3 Å². The number of methoxy groups -OCH3 is 2. The van der Waals surface area contributed by atoms with Gasteiger partial charge in [-0.05, 0) is 46.3 Å². The van der Waals surface area contributed by atoms with Crippen molar-refractivity contribution >= 4 is 27.8 Å². The zero-order chi connectivity index (χ0) is 15.4. The van der Waals surface area contributed by atoms with E-state index in [1.807, 2.05) is 7.05 Å². The van der Waals surface area contributed by atoms with Gasteiger partial charge in [0.1, 0.15) is 0 Å². The van der Waals surface area contributed by atoms with Gasteiger partial charge in [0.2, 0.25) is 0 Å². The Labute approximate surface area is 131 Å². The second kappa shape index (κ2) is 6.58. The monoisotopic (exact) mass is 350 g/mol. The number of ketones is 1. The normalized spacial score (nSPS) is 10.9. The van der Waals surface area contributed by atoms with Crippen molar-refractivity contribution < 1.29 is 14.3 Å². The molecule has 21 heavy (non-hydrogen) atoms. The lowest BCUT2D eigenvalue weighted by atomic mass is 10.1. The first-order chi connectivity index (χ1) is 10.1. The van der Waals surface area contributed by atoms with Crippen molar-refractivity contribution in [2.24, 2.45) is 7.05 Å². The minimum atomic E-state index is -0.121. The molecule has 1 aromatic heterocycles. The minimum absolute atomic E-state index is 0.121. The van der Waals surface area contributed by atoms with Crippen LogP contribution in [-0.4, -0.2) is 29.8 Å². The zero-order valence-corrected chi connectivity index (χ0v) is 13.5. The molecule has 0 N–H and O–H groups in total. The number of halogens is 1. The van der Waals surface area contributed by atoms with E-state index in [4.69, 9.17) is 9.47 Å². The number of ether oxygens (including phenoxy) is 2. The van der Waals surface area contributed by atoms with Crippen LogP contribution in [0.4, 0.5) is 0 Å². The van der Waals surface area contributed by atoms with Gasteiger partial charge < -0.3 is 9.47 Å². The summed E-state index contributed by atoms with van der Waals surface area (Å²) in [6, 6.07) is 5.07. The van der Waals surface area contributed by atoms with Crippen LogP contribution in [0, 0.1) is 0 Å². The Hall–Kier alpha value is -2.08. The van der Waals surface area contributed by atoms with Crippen LogP contribution < -0.4 is 9.47 Å². The molecular weight excluding hydrogens is 336 g/mol. The highest BCUT2D eigenvalue weighted by Crippen LogP contribution is 2.28. The number of hydrogen-bond acceptors (Lipinski definition) is 4. The fraction of sp³-hybridized carbons (Fsp3) is 0.200. The van der Waals surface area contributed by atoms with Crippen LogP contribution in [0.2, 0.25) is 0 Å². The maximum Gasteiger partial charge on any atom is 0.186 e. The Morgan fingerprint density at radius 3 is 2.57 bits per heavy atom. The van der Waals surface area contributed by atoms with Crippen LogP contribution in [0.15, 0.2) is 34.9 Å². The first kappa shape index (κ1) is 15.3. The molecule has 1 heterocycles. The molecule has 0 spiro atoms. The van der Waals surface area contributed by atoms with Crippen molar-refractivity contribution in [2.75, 3.05) is 14.2 Å². The van der Waals surface area contributed by atoms with Crippen LogP contribution in [0.5, 0.6) is 11.5 Å². The van der Waals surface area contributed by atoms with E-state index in [2.05, 4.69) is 21.0 Å². The largest absolute Gasteiger partial charge is 0.493 e. The summed E-state index contributed by atoms with van der Waals surface area (Å²) >= 11 is 3.38.